The molecule has 4 rings (SSSR count). The second-order valence-corrected chi connectivity index (χ2v) is 6.28. The van der Waals surface area contributed by atoms with Crippen LogP contribution >= 0.6 is 0 Å². The van der Waals surface area contributed by atoms with E-state index in [1.54, 1.807) is 0 Å². The first kappa shape index (κ1) is 14.2. The molecule has 0 spiro atoms. The van der Waals surface area contributed by atoms with Crippen molar-refractivity contribution < 1.29 is 14.6 Å². The number of para-hydroxylation sites is 1. The highest BCUT2D eigenvalue weighted by Gasteiger charge is 2.31. The molecule has 1 unspecified atom stereocenters. The van der Waals surface area contributed by atoms with E-state index in [-0.39, 0.29) is 12.6 Å². The molecule has 6 nitrogen and oxygen atoms in total. The monoisotopic (exact) mass is 313 g/mol. The van der Waals surface area contributed by atoms with E-state index >= 15 is 0 Å². The molecule has 0 saturated heterocycles. The van der Waals surface area contributed by atoms with Crippen molar-refractivity contribution in [3.05, 3.63) is 41.5 Å². The Balaban J connectivity index is 1.65. The lowest BCUT2D eigenvalue weighted by Crippen LogP contribution is -2.17. The molecule has 120 valence electrons. The highest BCUT2D eigenvalue weighted by Crippen LogP contribution is 2.37. The van der Waals surface area contributed by atoms with Gasteiger partial charge in [-0.3, -0.25) is 4.79 Å². The maximum atomic E-state index is 11.2. The van der Waals surface area contributed by atoms with Crippen LogP contribution in [0.15, 0.2) is 24.3 Å². The molecule has 1 fully saturated rings. The Labute approximate surface area is 134 Å². The van der Waals surface area contributed by atoms with Gasteiger partial charge in [-0.1, -0.05) is 31.0 Å². The quantitative estimate of drug-likeness (QED) is 0.939. The molecule has 1 aromatic heterocycles. The third-order valence-corrected chi connectivity index (χ3v) is 4.66. The summed E-state index contributed by atoms with van der Waals surface area (Å²) in [6.07, 6.45) is 5.01. The molecule has 1 aromatic carbocycles. The summed E-state index contributed by atoms with van der Waals surface area (Å²) in [5, 5.41) is 13.6. The predicted molar refractivity (Wildman–Crippen MR) is 82.4 cm³/mol. The van der Waals surface area contributed by atoms with Gasteiger partial charge in [0.15, 0.2) is 17.8 Å². The first-order chi connectivity index (χ1) is 11.2. The summed E-state index contributed by atoms with van der Waals surface area (Å²) in [6, 6.07) is 7.89. The minimum Gasteiger partial charge on any atom is -0.482 e. The fourth-order valence-electron chi connectivity index (χ4n) is 3.54. The Kier molecular flexibility index (Phi) is 3.52. The van der Waals surface area contributed by atoms with Gasteiger partial charge in [0.05, 0.1) is 0 Å². The van der Waals surface area contributed by atoms with Crippen molar-refractivity contribution in [3.8, 4) is 5.75 Å². The average molecular weight is 313 g/mol. The molecule has 1 N–H and O–H groups in total. The number of aliphatic carboxylic acids is 1. The molecule has 0 radical (unpaired) electrons. The van der Waals surface area contributed by atoms with E-state index in [0.29, 0.717) is 18.2 Å². The fourth-order valence-corrected chi connectivity index (χ4v) is 3.54. The van der Waals surface area contributed by atoms with E-state index in [0.717, 1.165) is 30.0 Å². The van der Waals surface area contributed by atoms with Crippen LogP contribution < -0.4 is 4.74 Å². The van der Waals surface area contributed by atoms with Crippen molar-refractivity contribution in [2.45, 2.75) is 50.7 Å². The number of fused-ring (bicyclic) bond motifs is 1. The van der Waals surface area contributed by atoms with E-state index in [9.17, 15) is 4.79 Å². The Morgan fingerprint density at radius 3 is 2.83 bits per heavy atom. The Bertz CT molecular complexity index is 709. The van der Waals surface area contributed by atoms with Gasteiger partial charge < -0.3 is 9.84 Å². The second-order valence-electron chi connectivity index (χ2n) is 6.28. The van der Waals surface area contributed by atoms with Crippen LogP contribution in [0.1, 0.15) is 54.9 Å². The Hall–Kier alpha value is -2.37. The number of carbonyl (C=O) groups is 1. The average Bonchev–Trinajstić information content (AvgIpc) is 3.25. The smallest absolute Gasteiger partial charge is 0.325 e. The number of nitrogens with zero attached hydrogens (tertiary/aromatic N) is 3. The van der Waals surface area contributed by atoms with E-state index < -0.39 is 5.97 Å². The SMILES string of the molecule is O=C(O)Cn1nc(C2CCCC2)nc1C1Cc2ccccc2O1. The maximum Gasteiger partial charge on any atom is 0.325 e. The molecule has 1 atom stereocenters. The van der Waals surface area contributed by atoms with Crippen LogP contribution in [0.5, 0.6) is 5.75 Å². The van der Waals surface area contributed by atoms with Crippen LogP contribution in [0.2, 0.25) is 0 Å². The van der Waals surface area contributed by atoms with E-state index in [1.165, 1.54) is 17.5 Å². The molecule has 23 heavy (non-hydrogen) atoms. The topological polar surface area (TPSA) is 77.2 Å². The number of carboxylic acids is 1. The standard InChI is InChI=1S/C17H19N3O3/c21-15(22)10-20-17(18-16(19-20)11-5-1-2-6-11)14-9-12-7-3-4-8-13(12)23-14/h3-4,7-8,11,14H,1-2,5-6,9-10H2,(H,21,22). The normalized spacial score (nSPS) is 20.4. The zero-order valence-corrected chi connectivity index (χ0v) is 12.8. The zero-order chi connectivity index (χ0) is 15.8. The van der Waals surface area contributed by atoms with Gasteiger partial charge >= 0.3 is 5.97 Å². The maximum absolute atomic E-state index is 11.2. The third kappa shape index (κ3) is 2.69. The molecule has 1 aliphatic carbocycles. The van der Waals surface area contributed by atoms with Gasteiger partial charge in [-0.05, 0) is 24.5 Å². The Morgan fingerprint density at radius 1 is 1.30 bits per heavy atom. The van der Waals surface area contributed by atoms with Crippen LogP contribution in [0.3, 0.4) is 0 Å². The highest BCUT2D eigenvalue weighted by molar-refractivity contribution is 5.66. The number of rotatable bonds is 4. The van der Waals surface area contributed by atoms with E-state index in [1.807, 2.05) is 24.3 Å². The molecular formula is C17H19N3O3. The van der Waals surface area contributed by atoms with Crippen LogP contribution in [0.4, 0.5) is 0 Å². The first-order valence-corrected chi connectivity index (χ1v) is 8.11. The van der Waals surface area contributed by atoms with Gasteiger partial charge in [0.25, 0.3) is 0 Å². The second kappa shape index (κ2) is 5.68. The number of carboxylic acid groups (broad SMARTS) is 1. The summed E-state index contributed by atoms with van der Waals surface area (Å²) in [5.74, 6) is 1.70. The number of benzene rings is 1. The summed E-state index contributed by atoms with van der Waals surface area (Å²) in [6.45, 7) is -0.175. The molecule has 2 aromatic rings. The summed E-state index contributed by atoms with van der Waals surface area (Å²) in [5.41, 5.74) is 1.13. The lowest BCUT2D eigenvalue weighted by Gasteiger charge is -2.10. The summed E-state index contributed by atoms with van der Waals surface area (Å²) < 4.78 is 7.48. The molecule has 1 saturated carbocycles. The van der Waals surface area contributed by atoms with Crippen molar-refractivity contribution >= 4 is 5.97 Å². The van der Waals surface area contributed by atoms with Crippen LogP contribution in [0, 0.1) is 0 Å². The van der Waals surface area contributed by atoms with Crippen LogP contribution in [-0.4, -0.2) is 25.8 Å². The van der Waals surface area contributed by atoms with Crippen molar-refractivity contribution in [1.82, 2.24) is 14.8 Å². The minimum absolute atomic E-state index is 0.175. The highest BCUT2D eigenvalue weighted by atomic mass is 16.5. The Morgan fingerprint density at radius 2 is 2.09 bits per heavy atom. The van der Waals surface area contributed by atoms with Crippen LogP contribution in [-0.2, 0) is 17.8 Å². The molecule has 2 heterocycles. The van der Waals surface area contributed by atoms with E-state index in [2.05, 4.69) is 10.1 Å². The molecule has 1 aliphatic heterocycles. The lowest BCUT2D eigenvalue weighted by atomic mass is 10.1. The van der Waals surface area contributed by atoms with Gasteiger partial charge in [-0.15, -0.1) is 0 Å². The van der Waals surface area contributed by atoms with Gasteiger partial charge in [0.1, 0.15) is 12.3 Å². The summed E-state index contributed by atoms with van der Waals surface area (Å²) >= 11 is 0. The number of ether oxygens (including phenoxy) is 1. The van der Waals surface area contributed by atoms with Crippen molar-refractivity contribution in [1.29, 1.82) is 0 Å². The predicted octanol–water partition coefficient (Wildman–Crippen LogP) is 2.70. The summed E-state index contributed by atoms with van der Waals surface area (Å²) in [7, 11) is 0. The molecular weight excluding hydrogens is 294 g/mol. The number of hydrogen-bond acceptors (Lipinski definition) is 4. The van der Waals surface area contributed by atoms with Crippen molar-refractivity contribution in [2.24, 2.45) is 0 Å². The van der Waals surface area contributed by atoms with Gasteiger partial charge in [0, 0.05) is 12.3 Å². The largest absolute Gasteiger partial charge is 0.482 e. The molecule has 2 aliphatic rings. The minimum atomic E-state index is -0.912. The van der Waals surface area contributed by atoms with Crippen molar-refractivity contribution in [2.75, 3.05) is 0 Å². The van der Waals surface area contributed by atoms with Crippen LogP contribution in [0.25, 0.3) is 0 Å². The van der Waals surface area contributed by atoms with Gasteiger partial charge in [0.2, 0.25) is 0 Å². The van der Waals surface area contributed by atoms with Gasteiger partial charge in [-0.2, -0.15) is 5.10 Å². The fraction of sp³-hybridized carbons (Fsp3) is 0.471. The zero-order valence-electron chi connectivity index (χ0n) is 12.8. The molecule has 6 heteroatoms. The molecule has 0 bridgehead atoms. The molecule has 0 amide bonds. The first-order valence-electron chi connectivity index (χ1n) is 8.11. The van der Waals surface area contributed by atoms with Crippen molar-refractivity contribution in [3.63, 3.8) is 0 Å². The summed E-state index contributed by atoms with van der Waals surface area (Å²) in [4.78, 5) is 15.8. The van der Waals surface area contributed by atoms with Gasteiger partial charge in [-0.25, -0.2) is 9.67 Å². The van der Waals surface area contributed by atoms with E-state index in [4.69, 9.17) is 9.84 Å². The number of aromatic nitrogens is 3. The third-order valence-electron chi connectivity index (χ3n) is 4.66. The lowest BCUT2D eigenvalue weighted by molar-refractivity contribution is -0.138. The number of hydrogen-bond donors (Lipinski definition) is 1.